The van der Waals surface area contributed by atoms with Gasteiger partial charge in [0.25, 0.3) is 5.91 Å². The van der Waals surface area contributed by atoms with Crippen LogP contribution in [0.1, 0.15) is 44.9 Å². The molecule has 2 aliphatic rings. The molecule has 1 aliphatic heterocycles. The van der Waals surface area contributed by atoms with Gasteiger partial charge in [-0.1, -0.05) is 18.9 Å². The molecule has 1 aromatic carbocycles. The standard InChI is InChI=1S/C19H24N2O5/c22-16(20-19(12-18(24)25)8-1-2-9-19)13-26-15-6-3-5-14(11-15)21-10-4-7-17(21)23/h3,5-6,11H,1-2,4,7-10,12-13H2,(H,20,22)(H,24,25). The van der Waals surface area contributed by atoms with Gasteiger partial charge in [-0.15, -0.1) is 0 Å². The number of aliphatic carboxylic acids is 1. The van der Waals surface area contributed by atoms with Crippen molar-refractivity contribution in [3.8, 4) is 5.75 Å². The van der Waals surface area contributed by atoms with Crippen LogP contribution in [0, 0.1) is 0 Å². The number of nitrogens with zero attached hydrogens (tertiary/aromatic N) is 1. The van der Waals surface area contributed by atoms with Gasteiger partial charge in [0.2, 0.25) is 5.91 Å². The van der Waals surface area contributed by atoms with E-state index < -0.39 is 11.5 Å². The molecule has 0 aromatic heterocycles. The first-order valence-electron chi connectivity index (χ1n) is 9.03. The third-order valence-corrected chi connectivity index (χ3v) is 5.03. The highest BCUT2D eigenvalue weighted by molar-refractivity contribution is 5.95. The molecule has 2 N–H and O–H groups in total. The molecule has 1 saturated carbocycles. The summed E-state index contributed by atoms with van der Waals surface area (Å²) >= 11 is 0. The van der Waals surface area contributed by atoms with E-state index in [1.165, 1.54) is 0 Å². The largest absolute Gasteiger partial charge is 0.484 e. The third kappa shape index (κ3) is 4.33. The molecule has 3 rings (SSSR count). The van der Waals surface area contributed by atoms with E-state index in [0.29, 0.717) is 31.6 Å². The molecule has 2 fully saturated rings. The lowest BCUT2D eigenvalue weighted by Crippen LogP contribution is -2.49. The quantitative estimate of drug-likeness (QED) is 0.776. The number of carbonyl (C=O) groups is 3. The molecule has 0 spiro atoms. The van der Waals surface area contributed by atoms with Crippen LogP contribution in [0.15, 0.2) is 24.3 Å². The monoisotopic (exact) mass is 360 g/mol. The number of carboxylic acids is 1. The topological polar surface area (TPSA) is 95.9 Å². The van der Waals surface area contributed by atoms with E-state index in [4.69, 9.17) is 9.84 Å². The van der Waals surface area contributed by atoms with Crippen LogP contribution in [0.5, 0.6) is 5.75 Å². The molecule has 0 radical (unpaired) electrons. The van der Waals surface area contributed by atoms with Gasteiger partial charge in [0, 0.05) is 24.7 Å². The second kappa shape index (κ2) is 7.76. The SMILES string of the molecule is O=C(O)CC1(NC(=O)COc2cccc(N3CCCC3=O)c2)CCCC1. The maximum atomic E-state index is 12.3. The second-order valence-corrected chi connectivity index (χ2v) is 7.04. The molecule has 0 atom stereocenters. The molecule has 1 heterocycles. The molecule has 0 bridgehead atoms. The highest BCUT2D eigenvalue weighted by atomic mass is 16.5. The number of ether oxygens (including phenoxy) is 1. The van der Waals surface area contributed by atoms with Crippen LogP contribution in [0.2, 0.25) is 0 Å². The van der Waals surface area contributed by atoms with Crippen molar-refractivity contribution in [2.75, 3.05) is 18.1 Å². The fourth-order valence-corrected chi connectivity index (χ4v) is 3.83. The minimum atomic E-state index is -0.906. The normalized spacial score (nSPS) is 18.8. The fraction of sp³-hybridized carbons (Fsp3) is 0.526. The van der Waals surface area contributed by atoms with E-state index in [9.17, 15) is 14.4 Å². The molecule has 140 valence electrons. The minimum Gasteiger partial charge on any atom is -0.484 e. The van der Waals surface area contributed by atoms with Crippen LogP contribution in [-0.4, -0.2) is 41.6 Å². The van der Waals surface area contributed by atoms with Crippen LogP contribution in [0.25, 0.3) is 0 Å². The average Bonchev–Trinajstić information content (AvgIpc) is 3.22. The minimum absolute atomic E-state index is 0.0642. The fourth-order valence-electron chi connectivity index (χ4n) is 3.83. The number of carbonyl (C=O) groups excluding carboxylic acids is 2. The second-order valence-electron chi connectivity index (χ2n) is 7.04. The molecule has 1 aromatic rings. The Morgan fingerprint density at radius 2 is 2.00 bits per heavy atom. The first-order valence-corrected chi connectivity index (χ1v) is 9.03. The van der Waals surface area contributed by atoms with E-state index in [2.05, 4.69) is 5.32 Å². The number of benzene rings is 1. The number of anilines is 1. The van der Waals surface area contributed by atoms with Gasteiger partial charge >= 0.3 is 5.97 Å². The Hall–Kier alpha value is -2.57. The maximum Gasteiger partial charge on any atom is 0.305 e. The average molecular weight is 360 g/mol. The van der Waals surface area contributed by atoms with Gasteiger partial charge in [-0.05, 0) is 31.4 Å². The Morgan fingerprint density at radius 1 is 1.23 bits per heavy atom. The summed E-state index contributed by atoms with van der Waals surface area (Å²) < 4.78 is 5.57. The van der Waals surface area contributed by atoms with Crippen LogP contribution in [0.4, 0.5) is 5.69 Å². The number of rotatable bonds is 7. The van der Waals surface area contributed by atoms with Crippen LogP contribution >= 0.6 is 0 Å². The van der Waals surface area contributed by atoms with Crippen molar-refractivity contribution in [1.29, 1.82) is 0 Å². The number of hydrogen-bond donors (Lipinski definition) is 2. The number of amides is 2. The maximum absolute atomic E-state index is 12.3. The van der Waals surface area contributed by atoms with Gasteiger partial charge in [-0.2, -0.15) is 0 Å². The third-order valence-electron chi connectivity index (χ3n) is 5.03. The zero-order chi connectivity index (χ0) is 18.6. The number of hydrogen-bond acceptors (Lipinski definition) is 4. The summed E-state index contributed by atoms with van der Waals surface area (Å²) in [7, 11) is 0. The summed E-state index contributed by atoms with van der Waals surface area (Å²) in [4.78, 5) is 36.9. The van der Waals surface area contributed by atoms with Gasteiger partial charge in [0.1, 0.15) is 5.75 Å². The van der Waals surface area contributed by atoms with Crippen molar-refractivity contribution < 1.29 is 24.2 Å². The van der Waals surface area contributed by atoms with E-state index in [-0.39, 0.29) is 24.8 Å². The molecule has 0 unspecified atom stereocenters. The van der Waals surface area contributed by atoms with Crippen molar-refractivity contribution in [2.24, 2.45) is 0 Å². The van der Waals surface area contributed by atoms with Gasteiger partial charge in [-0.25, -0.2) is 0 Å². The summed E-state index contributed by atoms with van der Waals surface area (Å²) in [5, 5.41) is 12.0. The van der Waals surface area contributed by atoms with Gasteiger partial charge < -0.3 is 20.1 Å². The molecular weight excluding hydrogens is 336 g/mol. The molecule has 26 heavy (non-hydrogen) atoms. The van der Waals surface area contributed by atoms with E-state index in [1.807, 2.05) is 6.07 Å². The Morgan fingerprint density at radius 3 is 2.65 bits per heavy atom. The highest BCUT2D eigenvalue weighted by Crippen LogP contribution is 2.32. The Labute approximate surface area is 152 Å². The van der Waals surface area contributed by atoms with Gasteiger partial charge in [0.05, 0.1) is 12.0 Å². The molecule has 7 nitrogen and oxygen atoms in total. The van der Waals surface area contributed by atoms with Crippen LogP contribution in [0.3, 0.4) is 0 Å². The Bertz CT molecular complexity index is 697. The molecular formula is C19H24N2O5. The number of nitrogens with one attached hydrogen (secondary N) is 1. The predicted molar refractivity (Wildman–Crippen MR) is 95.1 cm³/mol. The van der Waals surface area contributed by atoms with Crippen molar-refractivity contribution in [1.82, 2.24) is 5.32 Å². The van der Waals surface area contributed by atoms with Gasteiger partial charge in [-0.3, -0.25) is 14.4 Å². The molecule has 7 heteroatoms. The van der Waals surface area contributed by atoms with Crippen molar-refractivity contribution in [3.05, 3.63) is 24.3 Å². The lowest BCUT2D eigenvalue weighted by molar-refractivity contribution is -0.139. The summed E-state index contributed by atoms with van der Waals surface area (Å²) in [6.45, 7) is 0.513. The highest BCUT2D eigenvalue weighted by Gasteiger charge is 2.37. The first kappa shape index (κ1) is 18.2. The summed E-state index contributed by atoms with van der Waals surface area (Å²) in [6, 6.07) is 7.12. The Balaban J connectivity index is 1.57. The molecule has 1 saturated heterocycles. The van der Waals surface area contributed by atoms with Crippen LogP contribution in [-0.2, 0) is 14.4 Å². The summed E-state index contributed by atoms with van der Waals surface area (Å²) in [5.74, 6) is -0.625. The van der Waals surface area contributed by atoms with E-state index in [1.54, 1.807) is 23.1 Å². The molecule has 1 aliphatic carbocycles. The van der Waals surface area contributed by atoms with Gasteiger partial charge in [0.15, 0.2) is 6.61 Å². The predicted octanol–water partition coefficient (Wildman–Crippen LogP) is 2.10. The zero-order valence-corrected chi connectivity index (χ0v) is 14.7. The molecule has 2 amide bonds. The Kier molecular flexibility index (Phi) is 5.44. The smallest absolute Gasteiger partial charge is 0.305 e. The van der Waals surface area contributed by atoms with E-state index >= 15 is 0 Å². The first-order chi connectivity index (χ1) is 12.5. The zero-order valence-electron chi connectivity index (χ0n) is 14.7. The van der Waals surface area contributed by atoms with Crippen molar-refractivity contribution >= 4 is 23.5 Å². The van der Waals surface area contributed by atoms with Crippen molar-refractivity contribution in [3.63, 3.8) is 0 Å². The lowest BCUT2D eigenvalue weighted by atomic mass is 9.93. The summed E-state index contributed by atoms with van der Waals surface area (Å²) in [6.07, 6.45) is 4.53. The van der Waals surface area contributed by atoms with Crippen molar-refractivity contribution in [2.45, 2.75) is 50.5 Å². The lowest BCUT2D eigenvalue weighted by Gasteiger charge is -2.28. The number of carboxylic acid groups (broad SMARTS) is 1. The van der Waals surface area contributed by atoms with Crippen LogP contribution < -0.4 is 15.0 Å². The summed E-state index contributed by atoms with van der Waals surface area (Å²) in [5.41, 5.74) is 0.111. The van der Waals surface area contributed by atoms with E-state index in [0.717, 1.165) is 24.9 Å².